The SMILES string of the molecule is COc1cc2[nH]c(=O)nc(NC(C)c3cc(N)cc(C(F)(F)F)c3)c2cc1OC. The Labute approximate surface area is 163 Å². The second-order valence-electron chi connectivity index (χ2n) is 6.40. The molecule has 0 saturated carbocycles. The Kier molecular flexibility index (Phi) is 5.27. The zero-order chi connectivity index (χ0) is 21.3. The average Bonchev–Trinajstić information content (AvgIpc) is 2.65. The minimum Gasteiger partial charge on any atom is -0.493 e. The maximum atomic E-state index is 13.1. The van der Waals surface area contributed by atoms with Crippen molar-refractivity contribution in [2.45, 2.75) is 19.1 Å². The van der Waals surface area contributed by atoms with Crippen LogP contribution in [0.2, 0.25) is 0 Å². The summed E-state index contributed by atoms with van der Waals surface area (Å²) in [6.07, 6.45) is -4.53. The molecular formula is C19H19F3N4O3. The fraction of sp³-hybridized carbons (Fsp3) is 0.263. The number of hydrogen-bond acceptors (Lipinski definition) is 6. The van der Waals surface area contributed by atoms with E-state index < -0.39 is 23.5 Å². The lowest BCUT2D eigenvalue weighted by Gasteiger charge is -2.19. The second-order valence-corrected chi connectivity index (χ2v) is 6.40. The van der Waals surface area contributed by atoms with E-state index in [1.54, 1.807) is 19.1 Å². The van der Waals surface area contributed by atoms with E-state index in [1.165, 1.54) is 20.3 Å². The van der Waals surface area contributed by atoms with Crippen molar-refractivity contribution in [1.82, 2.24) is 9.97 Å². The molecule has 1 atom stereocenters. The van der Waals surface area contributed by atoms with Gasteiger partial charge in [0.05, 0.1) is 31.3 Å². The molecule has 7 nitrogen and oxygen atoms in total. The lowest BCUT2D eigenvalue weighted by atomic mass is 10.0. The molecule has 4 N–H and O–H groups in total. The summed E-state index contributed by atoms with van der Waals surface area (Å²) in [7, 11) is 2.92. The van der Waals surface area contributed by atoms with Gasteiger partial charge in [0, 0.05) is 17.1 Å². The normalized spacial score (nSPS) is 12.6. The van der Waals surface area contributed by atoms with E-state index in [2.05, 4.69) is 15.3 Å². The minimum atomic E-state index is -4.53. The number of fused-ring (bicyclic) bond motifs is 1. The number of nitrogens with zero attached hydrogens (tertiary/aromatic N) is 1. The lowest BCUT2D eigenvalue weighted by Crippen LogP contribution is -2.17. The Morgan fingerprint density at radius 1 is 1.10 bits per heavy atom. The first-order chi connectivity index (χ1) is 13.6. The Hall–Kier alpha value is -3.43. The molecule has 0 aliphatic rings. The number of anilines is 2. The van der Waals surface area contributed by atoms with Gasteiger partial charge in [-0.3, -0.25) is 0 Å². The molecule has 29 heavy (non-hydrogen) atoms. The highest BCUT2D eigenvalue weighted by Crippen LogP contribution is 2.36. The molecule has 1 aromatic heterocycles. The fourth-order valence-electron chi connectivity index (χ4n) is 2.97. The quantitative estimate of drug-likeness (QED) is 0.556. The van der Waals surface area contributed by atoms with Crippen LogP contribution in [0.25, 0.3) is 10.9 Å². The summed E-state index contributed by atoms with van der Waals surface area (Å²) in [5.41, 5.74) is 4.89. The van der Waals surface area contributed by atoms with Gasteiger partial charge in [-0.1, -0.05) is 0 Å². The largest absolute Gasteiger partial charge is 0.493 e. The third-order valence-corrected chi connectivity index (χ3v) is 4.39. The van der Waals surface area contributed by atoms with Crippen molar-refractivity contribution in [2.75, 3.05) is 25.3 Å². The maximum Gasteiger partial charge on any atom is 0.416 e. The number of rotatable bonds is 5. The van der Waals surface area contributed by atoms with Crippen LogP contribution in [-0.2, 0) is 6.18 Å². The van der Waals surface area contributed by atoms with Crippen LogP contribution in [-0.4, -0.2) is 24.2 Å². The highest BCUT2D eigenvalue weighted by Gasteiger charge is 2.31. The van der Waals surface area contributed by atoms with E-state index >= 15 is 0 Å². The number of halogens is 3. The van der Waals surface area contributed by atoms with Gasteiger partial charge < -0.3 is 25.5 Å². The molecule has 3 rings (SSSR count). The summed E-state index contributed by atoms with van der Waals surface area (Å²) in [5, 5.41) is 3.49. The number of aromatic amines is 1. The van der Waals surface area contributed by atoms with Crippen LogP contribution in [0.3, 0.4) is 0 Å². The van der Waals surface area contributed by atoms with Gasteiger partial charge >= 0.3 is 11.9 Å². The summed E-state index contributed by atoms with van der Waals surface area (Å²) in [6, 6.07) is 5.89. The number of benzene rings is 2. The van der Waals surface area contributed by atoms with Gasteiger partial charge in [0.2, 0.25) is 0 Å². The first kappa shape index (κ1) is 20.3. The van der Waals surface area contributed by atoms with Gasteiger partial charge in [0.25, 0.3) is 0 Å². The number of nitrogens with one attached hydrogen (secondary N) is 2. The topological polar surface area (TPSA) is 102 Å². The van der Waals surface area contributed by atoms with Crippen molar-refractivity contribution in [2.24, 2.45) is 0 Å². The molecule has 0 aliphatic heterocycles. The molecule has 3 aromatic rings. The second kappa shape index (κ2) is 7.53. The van der Waals surface area contributed by atoms with E-state index in [-0.39, 0.29) is 11.5 Å². The zero-order valence-corrected chi connectivity index (χ0v) is 15.8. The minimum absolute atomic E-state index is 0.0152. The van der Waals surface area contributed by atoms with Crippen molar-refractivity contribution in [3.63, 3.8) is 0 Å². The van der Waals surface area contributed by atoms with Gasteiger partial charge in [-0.2, -0.15) is 18.2 Å². The fourth-order valence-corrected chi connectivity index (χ4v) is 2.97. The lowest BCUT2D eigenvalue weighted by molar-refractivity contribution is -0.137. The third-order valence-electron chi connectivity index (χ3n) is 4.39. The van der Waals surface area contributed by atoms with Gasteiger partial charge in [-0.25, -0.2) is 4.79 Å². The molecule has 0 bridgehead atoms. The van der Waals surface area contributed by atoms with E-state index in [9.17, 15) is 18.0 Å². The molecule has 0 radical (unpaired) electrons. The van der Waals surface area contributed by atoms with Gasteiger partial charge in [0.15, 0.2) is 11.5 Å². The van der Waals surface area contributed by atoms with Crippen molar-refractivity contribution in [3.05, 3.63) is 51.9 Å². The number of methoxy groups -OCH3 is 2. The maximum absolute atomic E-state index is 13.1. The monoisotopic (exact) mass is 408 g/mol. The van der Waals surface area contributed by atoms with Crippen molar-refractivity contribution < 1.29 is 22.6 Å². The smallest absolute Gasteiger partial charge is 0.416 e. The van der Waals surface area contributed by atoms with Crippen LogP contribution < -0.4 is 26.2 Å². The summed E-state index contributed by atoms with van der Waals surface area (Å²) in [4.78, 5) is 18.5. The summed E-state index contributed by atoms with van der Waals surface area (Å²) in [6.45, 7) is 1.64. The molecule has 0 spiro atoms. The molecule has 0 fully saturated rings. The zero-order valence-electron chi connectivity index (χ0n) is 15.8. The first-order valence-corrected chi connectivity index (χ1v) is 8.52. The standard InChI is InChI=1S/C19H19F3N4O3/c1-9(10-4-11(19(20,21)22)6-12(23)5-10)24-17-13-7-15(28-2)16(29-3)8-14(13)25-18(27)26-17/h4-9H,23H2,1-3H3,(H2,24,25,26,27). The predicted molar refractivity (Wildman–Crippen MR) is 103 cm³/mol. The number of ether oxygens (including phenoxy) is 2. The first-order valence-electron chi connectivity index (χ1n) is 8.52. The number of aromatic nitrogens is 2. The number of H-pyrrole nitrogens is 1. The molecule has 0 saturated heterocycles. The highest BCUT2D eigenvalue weighted by atomic mass is 19.4. The van der Waals surface area contributed by atoms with Gasteiger partial charge in [0.1, 0.15) is 5.82 Å². The summed E-state index contributed by atoms with van der Waals surface area (Å²) >= 11 is 0. The van der Waals surface area contributed by atoms with Crippen LogP contribution >= 0.6 is 0 Å². The van der Waals surface area contributed by atoms with Gasteiger partial charge in [-0.15, -0.1) is 0 Å². The average molecular weight is 408 g/mol. The number of nitrogens with two attached hydrogens (primary N) is 1. The van der Waals surface area contributed by atoms with E-state index in [4.69, 9.17) is 15.2 Å². The Bertz CT molecular complexity index is 1110. The predicted octanol–water partition coefficient (Wildman–Crippen LogP) is 3.71. The molecule has 0 amide bonds. The molecule has 154 valence electrons. The highest BCUT2D eigenvalue weighted by molar-refractivity contribution is 5.91. The van der Waals surface area contributed by atoms with E-state index in [1.807, 2.05) is 0 Å². The Morgan fingerprint density at radius 2 is 1.76 bits per heavy atom. The van der Waals surface area contributed by atoms with Crippen molar-refractivity contribution in [3.8, 4) is 11.5 Å². The summed E-state index contributed by atoms with van der Waals surface area (Å²) in [5.74, 6) is 1.01. The Morgan fingerprint density at radius 3 is 2.38 bits per heavy atom. The third kappa shape index (κ3) is 4.20. The van der Waals surface area contributed by atoms with Crippen LogP contribution in [0.1, 0.15) is 24.1 Å². The van der Waals surface area contributed by atoms with E-state index in [0.717, 1.165) is 12.1 Å². The number of alkyl halides is 3. The van der Waals surface area contributed by atoms with E-state index in [0.29, 0.717) is 28.0 Å². The molecule has 1 heterocycles. The van der Waals surface area contributed by atoms with Crippen molar-refractivity contribution >= 4 is 22.4 Å². The van der Waals surface area contributed by atoms with Crippen LogP contribution in [0.4, 0.5) is 24.7 Å². The van der Waals surface area contributed by atoms with Crippen molar-refractivity contribution in [1.29, 1.82) is 0 Å². The van der Waals surface area contributed by atoms with Crippen LogP contribution in [0.5, 0.6) is 11.5 Å². The number of nitrogen functional groups attached to an aromatic ring is 1. The van der Waals surface area contributed by atoms with Crippen LogP contribution in [0.15, 0.2) is 35.1 Å². The molecule has 1 unspecified atom stereocenters. The molecule has 0 aliphatic carbocycles. The van der Waals surface area contributed by atoms with Crippen LogP contribution in [0, 0.1) is 0 Å². The summed E-state index contributed by atoms with van der Waals surface area (Å²) < 4.78 is 49.8. The number of hydrogen-bond donors (Lipinski definition) is 3. The molecule has 2 aromatic carbocycles. The Balaban J connectivity index is 2.06. The van der Waals surface area contributed by atoms with Gasteiger partial charge in [-0.05, 0) is 36.8 Å². The molecule has 10 heteroatoms. The molecular weight excluding hydrogens is 389 g/mol.